The lowest BCUT2D eigenvalue weighted by Gasteiger charge is -2.20. The van der Waals surface area contributed by atoms with E-state index >= 15 is 0 Å². The largest absolute Gasteiger partial charge is 0.467 e. The fourth-order valence-corrected chi connectivity index (χ4v) is 3.17. The summed E-state index contributed by atoms with van der Waals surface area (Å²) < 4.78 is 10.1. The van der Waals surface area contributed by atoms with E-state index in [1.165, 1.54) is 6.26 Å². The Morgan fingerprint density at radius 3 is 2.73 bits per heavy atom. The maximum Gasteiger partial charge on any atom is 0.321 e. The lowest BCUT2D eigenvalue weighted by molar-refractivity contribution is -0.152. The molecule has 9 heteroatoms. The zero-order chi connectivity index (χ0) is 21.7. The molecular formula is C21H23N3O6. The Morgan fingerprint density at radius 2 is 2.00 bits per heavy atom. The molecule has 1 saturated heterocycles. The van der Waals surface area contributed by atoms with Crippen LogP contribution in [0.2, 0.25) is 0 Å². The minimum Gasteiger partial charge on any atom is -0.467 e. The molecular weight excluding hydrogens is 390 g/mol. The quantitative estimate of drug-likeness (QED) is 0.698. The van der Waals surface area contributed by atoms with Crippen LogP contribution in [-0.4, -0.2) is 37.0 Å². The van der Waals surface area contributed by atoms with Gasteiger partial charge in [0.05, 0.1) is 18.7 Å². The number of esters is 1. The molecule has 2 heterocycles. The van der Waals surface area contributed by atoms with Crippen LogP contribution in [-0.2, 0) is 25.7 Å². The van der Waals surface area contributed by atoms with Crippen LogP contribution >= 0.6 is 0 Å². The van der Waals surface area contributed by atoms with Crippen molar-refractivity contribution in [3.05, 3.63) is 53.5 Å². The van der Waals surface area contributed by atoms with Gasteiger partial charge in [0.25, 0.3) is 5.91 Å². The average molecular weight is 413 g/mol. The Kier molecular flexibility index (Phi) is 6.51. The van der Waals surface area contributed by atoms with Gasteiger partial charge in [0.2, 0.25) is 5.91 Å². The summed E-state index contributed by atoms with van der Waals surface area (Å²) in [6.45, 7) is 3.57. The lowest BCUT2D eigenvalue weighted by atomic mass is 10.1. The Hall–Kier alpha value is -3.62. The fourth-order valence-electron chi connectivity index (χ4n) is 3.17. The number of benzene rings is 1. The number of ether oxygens (including phenoxy) is 1. The van der Waals surface area contributed by atoms with E-state index in [-0.39, 0.29) is 25.4 Å². The van der Waals surface area contributed by atoms with Crippen molar-refractivity contribution in [2.45, 2.75) is 26.8 Å². The molecule has 0 spiro atoms. The van der Waals surface area contributed by atoms with Gasteiger partial charge in [-0.3, -0.25) is 19.7 Å². The smallest absolute Gasteiger partial charge is 0.321 e. The van der Waals surface area contributed by atoms with E-state index in [2.05, 4.69) is 10.6 Å². The molecule has 1 aliphatic rings. The van der Waals surface area contributed by atoms with Crippen molar-refractivity contribution in [2.24, 2.45) is 5.92 Å². The summed E-state index contributed by atoms with van der Waals surface area (Å²) in [5, 5.41) is 4.50. The van der Waals surface area contributed by atoms with Gasteiger partial charge in [-0.15, -0.1) is 0 Å². The van der Waals surface area contributed by atoms with Gasteiger partial charge in [0.15, 0.2) is 6.61 Å². The molecule has 1 atom stereocenters. The number of amides is 4. The molecule has 2 N–H and O–H groups in total. The number of urea groups is 1. The number of carbonyl (C=O) groups is 4. The van der Waals surface area contributed by atoms with Crippen LogP contribution in [0, 0.1) is 19.8 Å². The van der Waals surface area contributed by atoms with E-state index in [1.807, 2.05) is 32.0 Å². The second kappa shape index (κ2) is 9.25. The fraction of sp³-hybridized carbons (Fsp3) is 0.333. The highest BCUT2D eigenvalue weighted by atomic mass is 16.5. The summed E-state index contributed by atoms with van der Waals surface area (Å²) in [7, 11) is 0. The second-order valence-electron chi connectivity index (χ2n) is 7.04. The first kappa shape index (κ1) is 21.1. The highest BCUT2D eigenvalue weighted by Gasteiger charge is 2.37. The van der Waals surface area contributed by atoms with Gasteiger partial charge in [0.1, 0.15) is 5.76 Å². The topological polar surface area (TPSA) is 118 Å². The van der Waals surface area contributed by atoms with Crippen LogP contribution in [0.25, 0.3) is 0 Å². The molecule has 158 valence electrons. The van der Waals surface area contributed by atoms with Gasteiger partial charge in [-0.1, -0.05) is 12.1 Å². The number of imide groups is 1. The van der Waals surface area contributed by atoms with Crippen LogP contribution in [0.1, 0.15) is 23.3 Å². The van der Waals surface area contributed by atoms with Crippen molar-refractivity contribution in [2.75, 3.05) is 18.1 Å². The number of furan rings is 1. The van der Waals surface area contributed by atoms with E-state index < -0.39 is 30.4 Å². The molecule has 9 nitrogen and oxygen atoms in total. The molecule has 2 aromatic rings. The van der Waals surface area contributed by atoms with Crippen molar-refractivity contribution < 1.29 is 28.3 Å². The Labute approximate surface area is 173 Å². The summed E-state index contributed by atoms with van der Waals surface area (Å²) in [5.41, 5.74) is 2.79. The van der Waals surface area contributed by atoms with Crippen LogP contribution in [0.15, 0.2) is 41.0 Å². The van der Waals surface area contributed by atoms with Crippen molar-refractivity contribution in [3.8, 4) is 0 Å². The molecule has 1 aromatic heterocycles. The van der Waals surface area contributed by atoms with E-state index in [1.54, 1.807) is 17.0 Å². The van der Waals surface area contributed by atoms with E-state index in [9.17, 15) is 19.2 Å². The lowest BCUT2D eigenvalue weighted by Crippen LogP contribution is -2.41. The summed E-state index contributed by atoms with van der Waals surface area (Å²) in [6.07, 6.45) is 1.48. The van der Waals surface area contributed by atoms with Crippen LogP contribution in [0.4, 0.5) is 10.5 Å². The van der Waals surface area contributed by atoms with Crippen LogP contribution in [0.3, 0.4) is 0 Å². The van der Waals surface area contributed by atoms with E-state index in [0.717, 1.165) is 16.8 Å². The Balaban J connectivity index is 1.45. The third kappa shape index (κ3) is 5.05. The summed E-state index contributed by atoms with van der Waals surface area (Å²) >= 11 is 0. The van der Waals surface area contributed by atoms with Gasteiger partial charge in [0, 0.05) is 18.7 Å². The SMILES string of the molecule is Cc1cccc(N2C[C@@H](C(=O)OCC(=O)NC(=O)NCc3ccco3)CC2=O)c1C. The number of carbonyl (C=O) groups excluding carboxylic acids is 4. The average Bonchev–Trinajstić information content (AvgIpc) is 3.36. The van der Waals surface area contributed by atoms with Crippen molar-refractivity contribution in [3.63, 3.8) is 0 Å². The standard InChI is InChI=1S/C21H23N3O6/c1-13-5-3-7-17(14(13)2)24-11-15(9-19(24)26)20(27)30-12-18(25)23-21(28)22-10-16-6-4-8-29-16/h3-8,15H,9-12H2,1-2H3,(H2,22,23,25,28)/t15-/m0/s1. The maximum absolute atomic E-state index is 12.4. The van der Waals surface area contributed by atoms with Gasteiger partial charge in [-0.25, -0.2) is 4.79 Å². The summed E-state index contributed by atoms with van der Waals surface area (Å²) in [6, 6.07) is 8.27. The van der Waals surface area contributed by atoms with Crippen LogP contribution in [0.5, 0.6) is 0 Å². The van der Waals surface area contributed by atoms with Gasteiger partial charge < -0.3 is 19.4 Å². The number of hydrogen-bond donors (Lipinski definition) is 2. The molecule has 3 rings (SSSR count). The Bertz CT molecular complexity index is 954. The third-order valence-corrected chi connectivity index (χ3v) is 4.93. The number of nitrogens with one attached hydrogen (secondary N) is 2. The normalized spacial score (nSPS) is 15.7. The number of nitrogens with zero attached hydrogens (tertiary/aromatic N) is 1. The molecule has 4 amide bonds. The van der Waals surface area contributed by atoms with Gasteiger partial charge in [-0.05, 0) is 43.2 Å². The monoisotopic (exact) mass is 413 g/mol. The minimum atomic E-state index is -0.768. The summed E-state index contributed by atoms with van der Waals surface area (Å²) in [4.78, 5) is 49.7. The van der Waals surface area contributed by atoms with Crippen molar-refractivity contribution >= 4 is 29.5 Å². The molecule has 0 unspecified atom stereocenters. The van der Waals surface area contributed by atoms with Gasteiger partial charge in [-0.2, -0.15) is 0 Å². The van der Waals surface area contributed by atoms with Crippen LogP contribution < -0.4 is 15.5 Å². The molecule has 0 aliphatic carbocycles. The first-order valence-corrected chi connectivity index (χ1v) is 9.48. The van der Waals surface area contributed by atoms with E-state index in [4.69, 9.17) is 9.15 Å². The second-order valence-corrected chi connectivity index (χ2v) is 7.04. The number of hydrogen-bond acceptors (Lipinski definition) is 6. The zero-order valence-electron chi connectivity index (χ0n) is 16.8. The highest BCUT2D eigenvalue weighted by Crippen LogP contribution is 2.29. The summed E-state index contributed by atoms with van der Waals surface area (Å²) in [5.74, 6) is -1.73. The number of anilines is 1. The molecule has 0 bridgehead atoms. The molecule has 1 aromatic carbocycles. The van der Waals surface area contributed by atoms with Gasteiger partial charge >= 0.3 is 12.0 Å². The highest BCUT2D eigenvalue weighted by molar-refractivity contribution is 6.00. The molecule has 0 radical (unpaired) electrons. The number of aryl methyl sites for hydroxylation is 1. The predicted molar refractivity (Wildman–Crippen MR) is 106 cm³/mol. The van der Waals surface area contributed by atoms with Crippen molar-refractivity contribution in [1.29, 1.82) is 0 Å². The zero-order valence-corrected chi connectivity index (χ0v) is 16.8. The van der Waals surface area contributed by atoms with Crippen molar-refractivity contribution in [1.82, 2.24) is 10.6 Å². The van der Waals surface area contributed by atoms with E-state index in [0.29, 0.717) is 5.76 Å². The maximum atomic E-state index is 12.4. The molecule has 30 heavy (non-hydrogen) atoms. The third-order valence-electron chi connectivity index (χ3n) is 4.93. The molecule has 1 fully saturated rings. The first-order chi connectivity index (χ1) is 14.3. The minimum absolute atomic E-state index is 0.0114. The number of rotatable bonds is 6. The molecule has 1 aliphatic heterocycles. The molecule has 0 saturated carbocycles. The Morgan fingerprint density at radius 1 is 1.20 bits per heavy atom. The first-order valence-electron chi connectivity index (χ1n) is 9.48. The predicted octanol–water partition coefficient (Wildman–Crippen LogP) is 1.82.